The third-order valence-corrected chi connectivity index (χ3v) is 6.62. The number of ether oxygens (including phenoxy) is 2. The zero-order valence-corrected chi connectivity index (χ0v) is 21.4. The van der Waals surface area contributed by atoms with Crippen LogP contribution in [0.3, 0.4) is 0 Å². The average Bonchev–Trinajstić information content (AvgIpc) is 3.52. The van der Waals surface area contributed by atoms with Crippen LogP contribution in [-0.4, -0.2) is 30.0 Å². The summed E-state index contributed by atoms with van der Waals surface area (Å²) in [4.78, 5) is 30.1. The van der Waals surface area contributed by atoms with Gasteiger partial charge in [-0.1, -0.05) is 42.5 Å². The molecule has 1 saturated heterocycles. The van der Waals surface area contributed by atoms with Crippen LogP contribution in [0.25, 0.3) is 17.7 Å². The minimum Gasteiger partial charge on any atom is -0.493 e. The normalized spacial score (nSPS) is 19.0. The second kappa shape index (κ2) is 11.9. The Balaban J connectivity index is 0.00000320. The van der Waals surface area contributed by atoms with Gasteiger partial charge in [-0.25, -0.2) is 0 Å². The SMILES string of the molecule is COc1cc(C=C2C(=O)NC(=O)C2C(=Cc2ccccc2)c2ccncc2)ccc1OC1CCCC1.Cl. The first-order valence-electron chi connectivity index (χ1n) is 12.2. The molecule has 1 unspecified atom stereocenters. The van der Waals surface area contributed by atoms with Crippen LogP contribution in [0.1, 0.15) is 42.4 Å². The van der Waals surface area contributed by atoms with Gasteiger partial charge in [0.1, 0.15) is 0 Å². The summed E-state index contributed by atoms with van der Waals surface area (Å²) in [7, 11) is 1.60. The predicted molar refractivity (Wildman–Crippen MR) is 146 cm³/mol. The molecule has 0 radical (unpaired) electrons. The Labute approximate surface area is 222 Å². The quantitative estimate of drug-likeness (QED) is 0.320. The number of nitrogens with one attached hydrogen (secondary N) is 1. The fraction of sp³-hybridized carbons (Fsp3) is 0.233. The minimum atomic E-state index is -0.763. The highest BCUT2D eigenvalue weighted by Crippen LogP contribution is 2.37. The number of imide groups is 1. The number of carbonyl (C=O) groups is 2. The topological polar surface area (TPSA) is 77.5 Å². The van der Waals surface area contributed by atoms with Gasteiger partial charge in [0.25, 0.3) is 5.91 Å². The van der Waals surface area contributed by atoms with E-state index in [1.54, 1.807) is 25.6 Å². The van der Waals surface area contributed by atoms with Crippen molar-refractivity contribution >= 4 is 41.9 Å². The second-order valence-corrected chi connectivity index (χ2v) is 9.03. The lowest BCUT2D eigenvalue weighted by Crippen LogP contribution is -2.22. The lowest BCUT2D eigenvalue weighted by Gasteiger charge is -2.17. The van der Waals surface area contributed by atoms with Gasteiger partial charge in [0, 0.05) is 18.0 Å². The maximum atomic E-state index is 13.1. The van der Waals surface area contributed by atoms with Crippen molar-refractivity contribution in [3.05, 3.63) is 95.3 Å². The van der Waals surface area contributed by atoms with Gasteiger partial charge < -0.3 is 9.47 Å². The minimum absolute atomic E-state index is 0. The van der Waals surface area contributed by atoms with Crippen LogP contribution in [0.5, 0.6) is 11.5 Å². The predicted octanol–water partition coefficient (Wildman–Crippen LogP) is 5.73. The van der Waals surface area contributed by atoms with Crippen molar-refractivity contribution in [2.75, 3.05) is 7.11 Å². The summed E-state index contributed by atoms with van der Waals surface area (Å²) in [5, 5.41) is 2.50. The molecule has 2 heterocycles. The molecule has 2 aromatic carbocycles. The molecule has 1 aliphatic carbocycles. The maximum absolute atomic E-state index is 13.1. The van der Waals surface area contributed by atoms with Crippen LogP contribution >= 0.6 is 12.4 Å². The molecule has 1 aromatic heterocycles. The van der Waals surface area contributed by atoms with Gasteiger partial charge in [-0.3, -0.25) is 19.9 Å². The molecule has 7 heteroatoms. The summed E-state index contributed by atoms with van der Waals surface area (Å²) >= 11 is 0. The van der Waals surface area contributed by atoms with Gasteiger partial charge in [0.05, 0.1) is 19.1 Å². The Kier molecular flexibility index (Phi) is 8.41. The van der Waals surface area contributed by atoms with Gasteiger partial charge in [0.2, 0.25) is 5.91 Å². The zero-order chi connectivity index (χ0) is 24.9. The number of amides is 2. The van der Waals surface area contributed by atoms with E-state index >= 15 is 0 Å². The van der Waals surface area contributed by atoms with E-state index in [2.05, 4.69) is 10.3 Å². The standard InChI is InChI=1S/C30H28N2O4.ClH/c1-35-27-19-21(11-12-26(27)36-23-9-5-6-10-23)18-25-28(30(34)32-29(25)33)24(22-13-15-31-16-14-22)17-20-7-3-2-4-8-20;/h2-4,7-8,11-19,23,28H,5-6,9-10H2,1H3,(H,32,33,34);1H. The van der Waals surface area contributed by atoms with Crippen molar-refractivity contribution in [2.24, 2.45) is 5.92 Å². The number of rotatable bonds is 7. The van der Waals surface area contributed by atoms with Crippen LogP contribution < -0.4 is 14.8 Å². The molecule has 1 aliphatic heterocycles. The zero-order valence-electron chi connectivity index (χ0n) is 20.6. The number of hydrogen-bond donors (Lipinski definition) is 1. The van der Waals surface area contributed by atoms with Crippen molar-refractivity contribution in [1.29, 1.82) is 0 Å². The molecule has 2 aliphatic rings. The number of aromatic nitrogens is 1. The molecule has 1 atom stereocenters. The summed E-state index contributed by atoms with van der Waals surface area (Å²) < 4.78 is 11.7. The summed E-state index contributed by atoms with van der Waals surface area (Å²) in [6, 6.07) is 19.0. The summed E-state index contributed by atoms with van der Waals surface area (Å²) in [6.45, 7) is 0. The Bertz CT molecular complexity index is 1320. The number of pyridine rings is 1. The van der Waals surface area contributed by atoms with E-state index in [1.807, 2.05) is 66.7 Å². The number of methoxy groups -OCH3 is 1. The Morgan fingerprint density at radius 3 is 2.38 bits per heavy atom. The van der Waals surface area contributed by atoms with Gasteiger partial charge in [-0.2, -0.15) is 0 Å². The maximum Gasteiger partial charge on any atom is 0.254 e. The fourth-order valence-corrected chi connectivity index (χ4v) is 4.83. The van der Waals surface area contributed by atoms with Crippen LogP contribution in [0.4, 0.5) is 0 Å². The number of benzene rings is 2. The van der Waals surface area contributed by atoms with Gasteiger partial charge in [-0.05, 0) is 78.3 Å². The van der Waals surface area contributed by atoms with E-state index in [9.17, 15) is 9.59 Å². The van der Waals surface area contributed by atoms with Crippen molar-refractivity contribution in [1.82, 2.24) is 10.3 Å². The van der Waals surface area contributed by atoms with E-state index < -0.39 is 11.8 Å². The molecule has 1 saturated carbocycles. The smallest absolute Gasteiger partial charge is 0.254 e. The van der Waals surface area contributed by atoms with Crippen LogP contribution in [-0.2, 0) is 9.59 Å². The highest BCUT2D eigenvalue weighted by Gasteiger charge is 2.39. The third kappa shape index (κ3) is 5.92. The van der Waals surface area contributed by atoms with Gasteiger partial charge in [-0.15, -0.1) is 12.4 Å². The molecular formula is C30H29ClN2O4. The number of halogens is 1. The monoisotopic (exact) mass is 516 g/mol. The Morgan fingerprint density at radius 1 is 0.946 bits per heavy atom. The van der Waals surface area contributed by atoms with Gasteiger partial charge in [0.15, 0.2) is 11.5 Å². The molecular weight excluding hydrogens is 488 g/mol. The first kappa shape index (κ1) is 26.2. The molecule has 2 fully saturated rings. The van der Waals surface area contributed by atoms with E-state index in [0.29, 0.717) is 17.1 Å². The van der Waals surface area contributed by atoms with E-state index in [0.717, 1.165) is 35.1 Å². The second-order valence-electron chi connectivity index (χ2n) is 9.03. The van der Waals surface area contributed by atoms with E-state index in [1.165, 1.54) is 12.8 Å². The van der Waals surface area contributed by atoms with Crippen molar-refractivity contribution in [3.63, 3.8) is 0 Å². The summed E-state index contributed by atoms with van der Waals surface area (Å²) in [5.41, 5.74) is 3.62. The lowest BCUT2D eigenvalue weighted by atomic mass is 9.86. The fourth-order valence-electron chi connectivity index (χ4n) is 4.83. The highest BCUT2D eigenvalue weighted by molar-refractivity contribution is 6.22. The third-order valence-electron chi connectivity index (χ3n) is 6.62. The van der Waals surface area contributed by atoms with E-state index in [4.69, 9.17) is 9.47 Å². The molecule has 1 N–H and O–H groups in total. The van der Waals surface area contributed by atoms with Crippen molar-refractivity contribution in [2.45, 2.75) is 31.8 Å². The van der Waals surface area contributed by atoms with E-state index in [-0.39, 0.29) is 24.4 Å². The number of nitrogens with zero attached hydrogens (tertiary/aromatic N) is 1. The number of carbonyl (C=O) groups excluding carboxylic acids is 2. The number of hydrogen-bond acceptors (Lipinski definition) is 5. The molecule has 37 heavy (non-hydrogen) atoms. The summed E-state index contributed by atoms with van der Waals surface area (Å²) in [5.74, 6) is -0.217. The van der Waals surface area contributed by atoms with Crippen LogP contribution in [0.2, 0.25) is 0 Å². The summed E-state index contributed by atoms with van der Waals surface area (Å²) in [6.07, 6.45) is 11.7. The van der Waals surface area contributed by atoms with Crippen molar-refractivity contribution < 1.29 is 19.1 Å². The molecule has 3 aromatic rings. The lowest BCUT2D eigenvalue weighted by molar-refractivity contribution is -0.125. The first-order chi connectivity index (χ1) is 17.6. The molecule has 5 rings (SSSR count). The van der Waals surface area contributed by atoms with Crippen LogP contribution in [0.15, 0.2) is 78.6 Å². The Morgan fingerprint density at radius 2 is 1.68 bits per heavy atom. The largest absolute Gasteiger partial charge is 0.493 e. The highest BCUT2D eigenvalue weighted by atomic mass is 35.5. The molecule has 2 amide bonds. The van der Waals surface area contributed by atoms with Gasteiger partial charge >= 0.3 is 0 Å². The average molecular weight is 517 g/mol. The molecule has 6 nitrogen and oxygen atoms in total. The molecule has 0 bridgehead atoms. The first-order valence-corrected chi connectivity index (χ1v) is 12.2. The Hall–Kier alpha value is -3.90. The van der Waals surface area contributed by atoms with Crippen molar-refractivity contribution in [3.8, 4) is 11.5 Å². The molecule has 0 spiro atoms. The van der Waals surface area contributed by atoms with Crippen LogP contribution in [0, 0.1) is 5.92 Å². The molecule has 190 valence electrons.